The van der Waals surface area contributed by atoms with Crippen LogP contribution in [0.15, 0.2) is 98.9 Å². The Balaban J connectivity index is 1.75. The number of ether oxygens (including phenoxy) is 1. The van der Waals surface area contributed by atoms with Crippen molar-refractivity contribution in [3.8, 4) is 22.7 Å². The third-order valence-corrected chi connectivity index (χ3v) is 5.67. The standard InChI is InChI=1S/C23H18BrN3OS/c1-28-21-13-7-17(8-14-21)15-25-26-23-27(20-5-3-2-4-6-20)22(16-29-23)18-9-11-19(24)12-10-18/h2-16H,1H3/b25-15+,26-23+. The fourth-order valence-electron chi connectivity index (χ4n) is 2.86. The first-order chi connectivity index (χ1) is 14.2. The van der Waals surface area contributed by atoms with Gasteiger partial charge in [0.2, 0.25) is 4.80 Å². The smallest absolute Gasteiger partial charge is 0.215 e. The van der Waals surface area contributed by atoms with Crippen LogP contribution >= 0.6 is 27.3 Å². The van der Waals surface area contributed by atoms with Gasteiger partial charge in [-0.25, -0.2) is 0 Å². The summed E-state index contributed by atoms with van der Waals surface area (Å²) in [5.41, 5.74) is 4.21. The van der Waals surface area contributed by atoms with Crippen molar-refractivity contribution in [1.29, 1.82) is 0 Å². The summed E-state index contributed by atoms with van der Waals surface area (Å²) in [4.78, 5) is 0.805. The van der Waals surface area contributed by atoms with Crippen molar-refractivity contribution in [1.82, 2.24) is 4.57 Å². The van der Waals surface area contributed by atoms with Crippen molar-refractivity contribution in [2.24, 2.45) is 10.2 Å². The Morgan fingerprint density at radius 1 is 0.931 bits per heavy atom. The summed E-state index contributed by atoms with van der Waals surface area (Å²) in [5.74, 6) is 0.818. The largest absolute Gasteiger partial charge is 0.497 e. The lowest BCUT2D eigenvalue weighted by Gasteiger charge is -2.09. The Bertz CT molecular complexity index is 1180. The van der Waals surface area contributed by atoms with E-state index in [-0.39, 0.29) is 0 Å². The Hall–Kier alpha value is -2.96. The van der Waals surface area contributed by atoms with Crippen molar-refractivity contribution >= 4 is 33.5 Å². The molecule has 0 unspecified atom stereocenters. The maximum Gasteiger partial charge on any atom is 0.215 e. The first-order valence-corrected chi connectivity index (χ1v) is 10.6. The van der Waals surface area contributed by atoms with Gasteiger partial charge in [-0.1, -0.05) is 46.3 Å². The average Bonchev–Trinajstić information content (AvgIpc) is 3.19. The van der Waals surface area contributed by atoms with E-state index in [0.29, 0.717) is 0 Å². The highest BCUT2D eigenvalue weighted by Gasteiger charge is 2.10. The SMILES string of the molecule is COc1ccc(/C=N/N=c2/scc(-c3ccc(Br)cc3)n2-c2ccccc2)cc1. The minimum atomic E-state index is 0.805. The molecule has 0 bridgehead atoms. The van der Waals surface area contributed by atoms with Gasteiger partial charge in [0.25, 0.3) is 0 Å². The van der Waals surface area contributed by atoms with E-state index in [9.17, 15) is 0 Å². The number of rotatable bonds is 5. The van der Waals surface area contributed by atoms with Crippen molar-refractivity contribution in [3.63, 3.8) is 0 Å². The Morgan fingerprint density at radius 2 is 1.66 bits per heavy atom. The van der Waals surface area contributed by atoms with E-state index in [1.54, 1.807) is 24.7 Å². The average molecular weight is 464 g/mol. The fraction of sp³-hybridized carbons (Fsp3) is 0.0435. The molecule has 0 fully saturated rings. The van der Waals surface area contributed by atoms with E-state index in [2.05, 4.69) is 60.3 Å². The molecule has 6 heteroatoms. The predicted molar refractivity (Wildman–Crippen MR) is 123 cm³/mol. The highest BCUT2D eigenvalue weighted by Crippen LogP contribution is 2.25. The molecule has 144 valence electrons. The van der Waals surface area contributed by atoms with Gasteiger partial charge < -0.3 is 4.74 Å². The topological polar surface area (TPSA) is 38.9 Å². The molecule has 1 aromatic heterocycles. The second-order valence-corrected chi connectivity index (χ2v) is 7.95. The van der Waals surface area contributed by atoms with Crippen LogP contribution in [0.3, 0.4) is 0 Å². The number of benzene rings is 3. The molecule has 0 atom stereocenters. The quantitative estimate of drug-likeness (QED) is 0.267. The Labute approximate surface area is 181 Å². The lowest BCUT2D eigenvalue weighted by Crippen LogP contribution is -2.13. The number of thiazole rings is 1. The third-order valence-electron chi connectivity index (χ3n) is 4.33. The zero-order chi connectivity index (χ0) is 20.1. The van der Waals surface area contributed by atoms with Crippen LogP contribution in [0.1, 0.15) is 5.56 Å². The molecule has 0 aliphatic carbocycles. The van der Waals surface area contributed by atoms with Gasteiger partial charge in [-0.3, -0.25) is 4.57 Å². The molecule has 29 heavy (non-hydrogen) atoms. The second kappa shape index (κ2) is 9.03. The number of methoxy groups -OCH3 is 1. The molecule has 0 saturated carbocycles. The molecule has 1 heterocycles. The van der Waals surface area contributed by atoms with Gasteiger partial charge in [-0.15, -0.1) is 16.4 Å². The molecule has 0 saturated heterocycles. The maximum atomic E-state index is 5.19. The van der Waals surface area contributed by atoms with E-state index in [1.807, 2.05) is 54.6 Å². The number of para-hydroxylation sites is 1. The number of aromatic nitrogens is 1. The van der Waals surface area contributed by atoms with Crippen LogP contribution < -0.4 is 9.54 Å². The lowest BCUT2D eigenvalue weighted by molar-refractivity contribution is 0.415. The number of hydrogen-bond acceptors (Lipinski definition) is 4. The molecule has 0 spiro atoms. The summed E-state index contributed by atoms with van der Waals surface area (Å²) in [6.45, 7) is 0. The zero-order valence-electron chi connectivity index (χ0n) is 15.7. The van der Waals surface area contributed by atoms with E-state index in [0.717, 1.165) is 37.5 Å². The Morgan fingerprint density at radius 3 is 2.34 bits per heavy atom. The van der Waals surface area contributed by atoms with Gasteiger partial charge in [0.05, 0.1) is 19.0 Å². The summed E-state index contributed by atoms with van der Waals surface area (Å²) in [6, 6.07) is 26.2. The van der Waals surface area contributed by atoms with E-state index in [1.165, 1.54) is 0 Å². The van der Waals surface area contributed by atoms with Gasteiger partial charge in [0.15, 0.2) is 0 Å². The minimum Gasteiger partial charge on any atom is -0.497 e. The maximum absolute atomic E-state index is 5.19. The fourth-order valence-corrected chi connectivity index (χ4v) is 3.99. The first kappa shape index (κ1) is 19.4. The number of hydrogen-bond donors (Lipinski definition) is 0. The van der Waals surface area contributed by atoms with Crippen molar-refractivity contribution in [3.05, 3.63) is 99.1 Å². The predicted octanol–water partition coefficient (Wildman–Crippen LogP) is 5.91. The zero-order valence-corrected chi connectivity index (χ0v) is 18.1. The van der Waals surface area contributed by atoms with Gasteiger partial charge >= 0.3 is 0 Å². The van der Waals surface area contributed by atoms with E-state index in [4.69, 9.17) is 4.74 Å². The number of nitrogens with zero attached hydrogens (tertiary/aromatic N) is 3. The van der Waals surface area contributed by atoms with Gasteiger partial charge in [0.1, 0.15) is 5.75 Å². The van der Waals surface area contributed by atoms with Crippen LogP contribution in [0, 0.1) is 0 Å². The highest BCUT2D eigenvalue weighted by molar-refractivity contribution is 9.10. The summed E-state index contributed by atoms with van der Waals surface area (Å²) < 4.78 is 8.36. The van der Waals surface area contributed by atoms with Gasteiger partial charge in [-0.2, -0.15) is 5.10 Å². The molecule has 0 amide bonds. The highest BCUT2D eigenvalue weighted by atomic mass is 79.9. The Kier molecular flexibility index (Phi) is 6.03. The van der Waals surface area contributed by atoms with Crippen LogP contribution in [-0.4, -0.2) is 17.9 Å². The number of halogens is 1. The molecule has 3 aromatic carbocycles. The first-order valence-electron chi connectivity index (χ1n) is 8.97. The molecule has 0 aliphatic rings. The van der Waals surface area contributed by atoms with Crippen LogP contribution in [0.2, 0.25) is 0 Å². The summed E-state index contributed by atoms with van der Waals surface area (Å²) in [7, 11) is 1.65. The van der Waals surface area contributed by atoms with Gasteiger partial charge in [-0.05, 0) is 59.7 Å². The van der Waals surface area contributed by atoms with Crippen molar-refractivity contribution in [2.45, 2.75) is 0 Å². The van der Waals surface area contributed by atoms with Crippen LogP contribution in [0.25, 0.3) is 16.9 Å². The van der Waals surface area contributed by atoms with Crippen LogP contribution in [0.5, 0.6) is 5.75 Å². The van der Waals surface area contributed by atoms with E-state index < -0.39 is 0 Å². The molecular formula is C23H18BrN3OS. The van der Waals surface area contributed by atoms with Crippen molar-refractivity contribution < 1.29 is 4.74 Å². The van der Waals surface area contributed by atoms with Crippen LogP contribution in [0.4, 0.5) is 0 Å². The third kappa shape index (κ3) is 4.55. The normalized spacial score (nSPS) is 11.9. The monoisotopic (exact) mass is 463 g/mol. The molecule has 4 rings (SSSR count). The summed E-state index contributed by atoms with van der Waals surface area (Å²) >= 11 is 5.06. The minimum absolute atomic E-state index is 0.805. The molecule has 0 aliphatic heterocycles. The van der Waals surface area contributed by atoms with Gasteiger partial charge in [0, 0.05) is 15.5 Å². The second-order valence-electron chi connectivity index (χ2n) is 6.20. The summed E-state index contributed by atoms with van der Waals surface area (Å²) in [6.07, 6.45) is 1.74. The molecule has 0 N–H and O–H groups in total. The summed E-state index contributed by atoms with van der Waals surface area (Å²) in [5, 5.41) is 10.9. The van der Waals surface area contributed by atoms with E-state index >= 15 is 0 Å². The molecule has 0 radical (unpaired) electrons. The molecule has 4 aromatic rings. The van der Waals surface area contributed by atoms with Crippen molar-refractivity contribution in [2.75, 3.05) is 7.11 Å². The molecule has 4 nitrogen and oxygen atoms in total. The van der Waals surface area contributed by atoms with Crippen LogP contribution in [-0.2, 0) is 0 Å². The molecular weight excluding hydrogens is 446 g/mol. The lowest BCUT2D eigenvalue weighted by atomic mass is 10.1.